The molecule has 3 heterocycles. The van der Waals surface area contributed by atoms with E-state index in [0.29, 0.717) is 18.4 Å². The Hall–Kier alpha value is -1.99. The van der Waals surface area contributed by atoms with Crippen molar-refractivity contribution in [2.75, 3.05) is 19.0 Å². The molecule has 6 nitrogen and oxygen atoms in total. The molecule has 3 aromatic heterocycles. The number of halogens is 1. The Morgan fingerprint density at radius 1 is 1.35 bits per heavy atom. The summed E-state index contributed by atoms with van der Waals surface area (Å²) in [6.45, 7) is 1.48. The predicted molar refractivity (Wildman–Crippen MR) is 104 cm³/mol. The molecule has 0 amide bonds. The SMILES string of the molecule is COCC1CCCC1c1cc(NCc2cccnc2)n2ncc(Br)c2n1. The van der Waals surface area contributed by atoms with Crippen LogP contribution in [0, 0.1) is 5.92 Å². The van der Waals surface area contributed by atoms with Crippen molar-refractivity contribution in [2.24, 2.45) is 5.92 Å². The van der Waals surface area contributed by atoms with Crippen LogP contribution in [-0.4, -0.2) is 33.3 Å². The minimum absolute atomic E-state index is 0.431. The van der Waals surface area contributed by atoms with Gasteiger partial charge in [0, 0.05) is 44.6 Å². The van der Waals surface area contributed by atoms with E-state index in [1.165, 1.54) is 12.8 Å². The molecule has 0 saturated heterocycles. The van der Waals surface area contributed by atoms with Crippen molar-refractivity contribution >= 4 is 27.4 Å². The summed E-state index contributed by atoms with van der Waals surface area (Å²) in [6.07, 6.45) is 9.03. The molecule has 7 heteroatoms. The summed E-state index contributed by atoms with van der Waals surface area (Å²) in [7, 11) is 1.78. The van der Waals surface area contributed by atoms with Crippen LogP contribution in [0.1, 0.15) is 36.4 Å². The molecule has 136 valence electrons. The maximum absolute atomic E-state index is 5.43. The molecule has 0 radical (unpaired) electrons. The van der Waals surface area contributed by atoms with Gasteiger partial charge in [-0.1, -0.05) is 12.5 Å². The molecule has 26 heavy (non-hydrogen) atoms. The lowest BCUT2D eigenvalue weighted by Gasteiger charge is -2.20. The Bertz CT molecular complexity index is 882. The van der Waals surface area contributed by atoms with Crippen LogP contribution >= 0.6 is 15.9 Å². The minimum Gasteiger partial charge on any atom is -0.384 e. The number of nitrogens with one attached hydrogen (secondary N) is 1. The Balaban J connectivity index is 1.67. The summed E-state index contributed by atoms with van der Waals surface area (Å²) >= 11 is 3.58. The van der Waals surface area contributed by atoms with Gasteiger partial charge < -0.3 is 10.1 Å². The van der Waals surface area contributed by atoms with Gasteiger partial charge in [0.05, 0.1) is 16.4 Å². The zero-order chi connectivity index (χ0) is 17.9. The number of anilines is 1. The number of hydrogen-bond acceptors (Lipinski definition) is 5. The molecule has 0 spiro atoms. The predicted octanol–water partition coefficient (Wildman–Crippen LogP) is 4.03. The monoisotopic (exact) mass is 415 g/mol. The summed E-state index contributed by atoms with van der Waals surface area (Å²) in [6, 6.07) is 6.15. The van der Waals surface area contributed by atoms with Gasteiger partial charge in [-0.25, -0.2) is 4.98 Å². The van der Waals surface area contributed by atoms with E-state index in [-0.39, 0.29) is 0 Å². The lowest BCUT2D eigenvalue weighted by Crippen LogP contribution is -2.15. The topological polar surface area (TPSA) is 64.3 Å². The van der Waals surface area contributed by atoms with Crippen LogP contribution < -0.4 is 5.32 Å². The highest BCUT2D eigenvalue weighted by atomic mass is 79.9. The third-order valence-electron chi connectivity index (χ3n) is 5.06. The van der Waals surface area contributed by atoms with Gasteiger partial charge in [-0.05, 0) is 46.3 Å². The molecule has 1 saturated carbocycles. The highest BCUT2D eigenvalue weighted by Crippen LogP contribution is 2.40. The summed E-state index contributed by atoms with van der Waals surface area (Å²) in [4.78, 5) is 9.09. The maximum Gasteiger partial charge on any atom is 0.171 e. The van der Waals surface area contributed by atoms with Gasteiger partial charge in [-0.2, -0.15) is 9.61 Å². The van der Waals surface area contributed by atoms with Gasteiger partial charge >= 0.3 is 0 Å². The second kappa shape index (κ2) is 7.72. The molecule has 0 bridgehead atoms. The number of aromatic nitrogens is 4. The number of hydrogen-bond donors (Lipinski definition) is 1. The molecule has 1 fully saturated rings. The van der Waals surface area contributed by atoms with Crippen LogP contribution in [0.5, 0.6) is 0 Å². The third-order valence-corrected chi connectivity index (χ3v) is 5.62. The molecule has 0 aromatic carbocycles. The molecule has 4 rings (SSSR count). The second-order valence-electron chi connectivity index (χ2n) is 6.76. The smallest absolute Gasteiger partial charge is 0.171 e. The molecule has 1 aliphatic rings. The van der Waals surface area contributed by atoms with Gasteiger partial charge in [0.1, 0.15) is 5.82 Å². The molecule has 0 aliphatic heterocycles. The molecular weight excluding hydrogens is 394 g/mol. The lowest BCUT2D eigenvalue weighted by atomic mass is 9.93. The number of rotatable bonds is 6. The van der Waals surface area contributed by atoms with Gasteiger partial charge in [-0.15, -0.1) is 0 Å². The van der Waals surface area contributed by atoms with Crippen molar-refractivity contribution in [3.63, 3.8) is 0 Å². The van der Waals surface area contributed by atoms with Crippen LogP contribution in [0.4, 0.5) is 5.82 Å². The summed E-state index contributed by atoms with van der Waals surface area (Å²) in [5.41, 5.74) is 3.09. The number of nitrogens with zero attached hydrogens (tertiary/aromatic N) is 4. The fraction of sp³-hybridized carbons (Fsp3) is 0.421. The second-order valence-corrected chi connectivity index (χ2v) is 7.62. The van der Waals surface area contributed by atoms with Crippen molar-refractivity contribution in [3.05, 3.63) is 52.5 Å². The maximum atomic E-state index is 5.43. The quantitative estimate of drug-likeness (QED) is 0.658. The first-order valence-corrected chi connectivity index (χ1v) is 9.71. The van der Waals surface area contributed by atoms with Crippen LogP contribution in [-0.2, 0) is 11.3 Å². The first-order valence-electron chi connectivity index (χ1n) is 8.92. The zero-order valence-electron chi connectivity index (χ0n) is 14.7. The summed E-state index contributed by atoms with van der Waals surface area (Å²) < 4.78 is 8.19. The molecular formula is C19H22BrN5O. The fourth-order valence-corrected chi connectivity index (χ4v) is 4.15. The average molecular weight is 416 g/mol. The van der Waals surface area contributed by atoms with Crippen molar-refractivity contribution in [2.45, 2.75) is 31.7 Å². The summed E-state index contributed by atoms with van der Waals surface area (Å²) in [5.74, 6) is 1.91. The van der Waals surface area contributed by atoms with E-state index in [1.54, 1.807) is 19.5 Å². The average Bonchev–Trinajstić information content (AvgIpc) is 3.28. The number of fused-ring (bicyclic) bond motifs is 1. The van der Waals surface area contributed by atoms with E-state index in [1.807, 2.05) is 16.8 Å². The number of methoxy groups -OCH3 is 1. The van der Waals surface area contributed by atoms with Crippen molar-refractivity contribution < 1.29 is 4.74 Å². The highest BCUT2D eigenvalue weighted by molar-refractivity contribution is 9.10. The van der Waals surface area contributed by atoms with Crippen molar-refractivity contribution in [1.29, 1.82) is 0 Å². The first-order chi connectivity index (χ1) is 12.8. The number of pyridine rings is 1. The van der Waals surface area contributed by atoms with E-state index < -0.39 is 0 Å². The largest absolute Gasteiger partial charge is 0.384 e. The standard InChI is InChI=1S/C19H22BrN5O/c1-26-12-14-5-2-6-15(14)17-8-18(22-10-13-4-3-7-21-9-13)25-19(24-17)16(20)11-23-25/h3-4,7-9,11,14-15,22H,2,5-6,10,12H2,1H3. The van der Waals surface area contributed by atoms with E-state index >= 15 is 0 Å². The molecule has 2 unspecified atom stereocenters. The van der Waals surface area contributed by atoms with Crippen LogP contribution in [0.2, 0.25) is 0 Å². The Kier molecular flexibility index (Phi) is 5.17. The van der Waals surface area contributed by atoms with E-state index in [2.05, 4.69) is 43.5 Å². The highest BCUT2D eigenvalue weighted by Gasteiger charge is 2.30. The van der Waals surface area contributed by atoms with Crippen LogP contribution in [0.3, 0.4) is 0 Å². The third kappa shape index (κ3) is 3.46. The Morgan fingerprint density at radius 2 is 2.27 bits per heavy atom. The molecule has 3 aromatic rings. The molecule has 1 aliphatic carbocycles. The van der Waals surface area contributed by atoms with Gasteiger partial charge in [-0.3, -0.25) is 4.98 Å². The van der Waals surface area contributed by atoms with Crippen LogP contribution in [0.15, 0.2) is 41.3 Å². The fourth-order valence-electron chi connectivity index (χ4n) is 3.81. The Labute approximate surface area is 161 Å². The van der Waals surface area contributed by atoms with Gasteiger partial charge in [0.25, 0.3) is 0 Å². The molecule has 2 atom stereocenters. The molecule has 1 N–H and O–H groups in total. The van der Waals surface area contributed by atoms with E-state index in [4.69, 9.17) is 9.72 Å². The van der Waals surface area contributed by atoms with E-state index in [9.17, 15) is 0 Å². The van der Waals surface area contributed by atoms with Gasteiger partial charge in [0.2, 0.25) is 0 Å². The van der Waals surface area contributed by atoms with Crippen LogP contribution in [0.25, 0.3) is 5.65 Å². The lowest BCUT2D eigenvalue weighted by molar-refractivity contribution is 0.146. The Morgan fingerprint density at radius 3 is 3.08 bits per heavy atom. The summed E-state index contributed by atoms with van der Waals surface area (Å²) in [5, 5.41) is 7.95. The number of ether oxygens (including phenoxy) is 1. The zero-order valence-corrected chi connectivity index (χ0v) is 16.3. The van der Waals surface area contributed by atoms with Crippen molar-refractivity contribution in [3.8, 4) is 0 Å². The first kappa shape index (κ1) is 17.4. The van der Waals surface area contributed by atoms with Crippen molar-refractivity contribution in [1.82, 2.24) is 19.6 Å². The van der Waals surface area contributed by atoms with E-state index in [0.717, 1.165) is 40.2 Å². The minimum atomic E-state index is 0.431. The van der Waals surface area contributed by atoms with Gasteiger partial charge in [0.15, 0.2) is 5.65 Å². The normalized spacial score (nSPS) is 19.9.